The van der Waals surface area contributed by atoms with Crippen molar-refractivity contribution in [2.24, 2.45) is 0 Å². The number of aromatic nitrogens is 2. The lowest BCUT2D eigenvalue weighted by Gasteiger charge is -2.09. The molecule has 0 aliphatic carbocycles. The summed E-state index contributed by atoms with van der Waals surface area (Å²) in [6, 6.07) is 5.55. The largest absolute Gasteiger partial charge is 0.471 e. The first-order valence-corrected chi connectivity index (χ1v) is 6.73. The van der Waals surface area contributed by atoms with Crippen LogP contribution in [0.2, 0.25) is 0 Å². The van der Waals surface area contributed by atoms with Gasteiger partial charge < -0.3 is 9.84 Å². The Morgan fingerprint density at radius 1 is 1.30 bits per heavy atom. The zero-order valence-corrected chi connectivity index (χ0v) is 12.0. The third kappa shape index (κ3) is 4.27. The Balaban J connectivity index is 2.07. The van der Waals surface area contributed by atoms with Crippen LogP contribution in [-0.4, -0.2) is 22.6 Å². The van der Waals surface area contributed by atoms with Crippen LogP contribution in [-0.2, 0) is 11.0 Å². The molecular formula is C14H13F4N3O2. The van der Waals surface area contributed by atoms with E-state index < -0.39 is 18.2 Å². The van der Waals surface area contributed by atoms with Gasteiger partial charge in [-0.25, -0.2) is 4.39 Å². The standard InChI is InChI=1S/C14H13F4N3O2/c1-2-11(22)19-7-10(15)8-3-5-9(6-4-8)12-20-13(23-21-12)14(16,17)18/h3-6,10H,2,7H2,1H3,(H,19,22). The lowest BCUT2D eigenvalue weighted by atomic mass is 10.1. The Bertz CT molecular complexity index is 667. The summed E-state index contributed by atoms with van der Waals surface area (Å²) in [6.45, 7) is 1.48. The van der Waals surface area contributed by atoms with Crippen LogP contribution >= 0.6 is 0 Å². The molecule has 1 aromatic heterocycles. The fraction of sp³-hybridized carbons (Fsp3) is 0.357. The molecule has 1 aromatic carbocycles. The van der Waals surface area contributed by atoms with E-state index in [0.717, 1.165) is 0 Å². The monoisotopic (exact) mass is 331 g/mol. The minimum Gasteiger partial charge on any atom is -0.353 e. The van der Waals surface area contributed by atoms with Gasteiger partial charge in [-0.3, -0.25) is 4.79 Å². The molecule has 0 spiro atoms. The molecular weight excluding hydrogens is 318 g/mol. The van der Waals surface area contributed by atoms with Crippen molar-refractivity contribution < 1.29 is 26.9 Å². The second-order valence-corrected chi connectivity index (χ2v) is 4.67. The van der Waals surface area contributed by atoms with Crippen molar-refractivity contribution in [2.75, 3.05) is 6.54 Å². The van der Waals surface area contributed by atoms with Crippen molar-refractivity contribution >= 4 is 5.91 Å². The van der Waals surface area contributed by atoms with Crippen LogP contribution in [0.25, 0.3) is 11.4 Å². The van der Waals surface area contributed by atoms with Crippen molar-refractivity contribution in [1.82, 2.24) is 15.5 Å². The van der Waals surface area contributed by atoms with Crippen LogP contribution < -0.4 is 5.32 Å². The van der Waals surface area contributed by atoms with Crippen LogP contribution in [0.5, 0.6) is 0 Å². The van der Waals surface area contributed by atoms with Crippen LogP contribution in [0, 0.1) is 0 Å². The quantitative estimate of drug-likeness (QED) is 0.854. The number of hydrogen-bond donors (Lipinski definition) is 1. The van der Waals surface area contributed by atoms with Gasteiger partial charge in [-0.1, -0.05) is 36.3 Å². The molecule has 0 aliphatic rings. The van der Waals surface area contributed by atoms with Gasteiger partial charge in [0, 0.05) is 12.0 Å². The van der Waals surface area contributed by atoms with Gasteiger partial charge in [-0.15, -0.1) is 0 Å². The summed E-state index contributed by atoms with van der Waals surface area (Å²) in [5, 5.41) is 5.66. The maximum atomic E-state index is 13.9. The molecule has 5 nitrogen and oxygen atoms in total. The average molecular weight is 331 g/mol. The Morgan fingerprint density at radius 3 is 2.48 bits per heavy atom. The summed E-state index contributed by atoms with van der Waals surface area (Å²) < 4.78 is 55.2. The fourth-order valence-corrected chi connectivity index (χ4v) is 1.74. The summed E-state index contributed by atoms with van der Waals surface area (Å²) in [4.78, 5) is 14.3. The molecule has 124 valence electrons. The van der Waals surface area contributed by atoms with Gasteiger partial charge in [-0.2, -0.15) is 18.2 Å². The Labute approximate surface area is 128 Å². The first kappa shape index (κ1) is 16.9. The molecule has 23 heavy (non-hydrogen) atoms. The summed E-state index contributed by atoms with van der Waals surface area (Å²) >= 11 is 0. The highest BCUT2D eigenvalue weighted by Gasteiger charge is 2.38. The fourth-order valence-electron chi connectivity index (χ4n) is 1.74. The van der Waals surface area contributed by atoms with Gasteiger partial charge in [0.05, 0.1) is 6.54 Å². The summed E-state index contributed by atoms with van der Waals surface area (Å²) in [7, 11) is 0. The predicted octanol–water partition coefficient (Wildman–Crippen LogP) is 3.29. The van der Waals surface area contributed by atoms with E-state index in [1.54, 1.807) is 6.92 Å². The van der Waals surface area contributed by atoms with Crippen LogP contribution in [0.1, 0.15) is 31.0 Å². The molecule has 2 aromatic rings. The normalized spacial score (nSPS) is 12.9. The molecule has 2 rings (SSSR count). The molecule has 1 atom stereocenters. The van der Waals surface area contributed by atoms with E-state index in [2.05, 4.69) is 20.0 Å². The Hall–Kier alpha value is -2.45. The topological polar surface area (TPSA) is 68.0 Å². The molecule has 1 unspecified atom stereocenters. The second-order valence-electron chi connectivity index (χ2n) is 4.67. The molecule has 1 N–H and O–H groups in total. The van der Waals surface area contributed by atoms with Gasteiger partial charge in [0.15, 0.2) is 0 Å². The van der Waals surface area contributed by atoms with Gasteiger partial charge in [0.2, 0.25) is 11.7 Å². The maximum absolute atomic E-state index is 13.9. The smallest absolute Gasteiger partial charge is 0.353 e. The van der Waals surface area contributed by atoms with E-state index in [9.17, 15) is 22.4 Å². The lowest BCUT2D eigenvalue weighted by Crippen LogP contribution is -2.26. The van der Waals surface area contributed by atoms with E-state index in [4.69, 9.17) is 0 Å². The number of rotatable bonds is 5. The van der Waals surface area contributed by atoms with E-state index >= 15 is 0 Å². The highest BCUT2D eigenvalue weighted by molar-refractivity contribution is 5.75. The van der Waals surface area contributed by atoms with E-state index in [1.807, 2.05) is 0 Å². The lowest BCUT2D eigenvalue weighted by molar-refractivity contribution is -0.159. The maximum Gasteiger partial charge on any atom is 0.471 e. The predicted molar refractivity (Wildman–Crippen MR) is 71.9 cm³/mol. The number of amides is 1. The molecule has 1 amide bonds. The van der Waals surface area contributed by atoms with E-state index in [0.29, 0.717) is 0 Å². The number of alkyl halides is 4. The number of halogens is 4. The zero-order chi connectivity index (χ0) is 17.0. The van der Waals surface area contributed by atoms with Crippen molar-refractivity contribution in [3.05, 3.63) is 35.7 Å². The van der Waals surface area contributed by atoms with Crippen LogP contribution in [0.3, 0.4) is 0 Å². The molecule has 0 fully saturated rings. The van der Waals surface area contributed by atoms with Gasteiger partial charge in [0.25, 0.3) is 0 Å². The van der Waals surface area contributed by atoms with Gasteiger partial charge >= 0.3 is 12.1 Å². The summed E-state index contributed by atoms with van der Waals surface area (Å²) in [5.74, 6) is -1.95. The van der Waals surface area contributed by atoms with Crippen LogP contribution in [0.4, 0.5) is 17.6 Å². The van der Waals surface area contributed by atoms with Crippen molar-refractivity contribution in [3.8, 4) is 11.4 Å². The van der Waals surface area contributed by atoms with Crippen molar-refractivity contribution in [2.45, 2.75) is 25.7 Å². The van der Waals surface area contributed by atoms with E-state index in [-0.39, 0.29) is 35.8 Å². The minimum absolute atomic E-state index is 0.174. The number of nitrogens with zero attached hydrogens (tertiary/aromatic N) is 2. The first-order valence-electron chi connectivity index (χ1n) is 6.73. The van der Waals surface area contributed by atoms with Gasteiger partial charge in [0.1, 0.15) is 6.17 Å². The number of carbonyl (C=O) groups excluding carboxylic acids is 1. The van der Waals surface area contributed by atoms with Gasteiger partial charge in [-0.05, 0) is 5.56 Å². The third-order valence-electron chi connectivity index (χ3n) is 3.00. The highest BCUT2D eigenvalue weighted by atomic mass is 19.4. The van der Waals surface area contributed by atoms with E-state index in [1.165, 1.54) is 24.3 Å². The molecule has 0 radical (unpaired) electrons. The molecule has 1 heterocycles. The van der Waals surface area contributed by atoms with Crippen molar-refractivity contribution in [3.63, 3.8) is 0 Å². The zero-order valence-electron chi connectivity index (χ0n) is 12.0. The molecule has 0 saturated heterocycles. The number of carbonyl (C=O) groups is 1. The minimum atomic E-state index is -4.72. The third-order valence-corrected chi connectivity index (χ3v) is 3.00. The molecule has 0 bridgehead atoms. The number of hydrogen-bond acceptors (Lipinski definition) is 4. The Kier molecular flexibility index (Phi) is 4.97. The molecule has 0 saturated carbocycles. The average Bonchev–Trinajstić information content (AvgIpc) is 3.02. The highest BCUT2D eigenvalue weighted by Crippen LogP contribution is 2.29. The molecule has 9 heteroatoms. The van der Waals surface area contributed by atoms with Crippen LogP contribution in [0.15, 0.2) is 28.8 Å². The first-order chi connectivity index (χ1) is 10.8. The number of benzene rings is 1. The summed E-state index contributed by atoms with van der Waals surface area (Å²) in [6.07, 6.45) is -5.88. The molecule has 0 aliphatic heterocycles. The Morgan fingerprint density at radius 2 is 1.96 bits per heavy atom. The summed E-state index contributed by atoms with van der Waals surface area (Å²) in [5.41, 5.74) is 0.544. The second kappa shape index (κ2) is 6.76. The SMILES string of the molecule is CCC(=O)NCC(F)c1ccc(-c2noc(C(F)(F)F)n2)cc1. The number of nitrogens with one attached hydrogen (secondary N) is 1. The van der Waals surface area contributed by atoms with Crippen molar-refractivity contribution in [1.29, 1.82) is 0 Å².